The molecule has 0 fully saturated rings. The zero-order valence-electron chi connectivity index (χ0n) is 15.3. The molecule has 0 saturated carbocycles. The third kappa shape index (κ3) is 5.13. The van der Waals surface area contributed by atoms with Crippen molar-refractivity contribution in [3.8, 4) is 0 Å². The smallest absolute Gasteiger partial charge is 0.321 e. The summed E-state index contributed by atoms with van der Waals surface area (Å²) in [6.07, 6.45) is -0.254. The molecule has 0 spiro atoms. The Kier molecular flexibility index (Phi) is 6.27. The van der Waals surface area contributed by atoms with Crippen molar-refractivity contribution in [2.45, 2.75) is 33.2 Å². The summed E-state index contributed by atoms with van der Waals surface area (Å²) in [5, 5.41) is 4.46. The van der Waals surface area contributed by atoms with Gasteiger partial charge in [0, 0.05) is 12.6 Å². The number of nitrogens with zero attached hydrogens (tertiary/aromatic N) is 1. The van der Waals surface area contributed by atoms with E-state index in [1.165, 1.54) is 0 Å². The summed E-state index contributed by atoms with van der Waals surface area (Å²) < 4.78 is 4.76. The predicted octanol–water partition coefficient (Wildman–Crippen LogP) is 0.759. The number of ether oxygens (including phenoxy) is 1. The van der Waals surface area contributed by atoms with Crippen molar-refractivity contribution in [3.05, 3.63) is 34.9 Å². The number of hydrogen-bond donors (Lipinski definition) is 2. The third-order valence-corrected chi connectivity index (χ3v) is 3.70. The van der Waals surface area contributed by atoms with E-state index in [-0.39, 0.29) is 19.0 Å². The molecule has 1 aromatic rings. The highest BCUT2D eigenvalue weighted by atomic mass is 16.5. The summed E-state index contributed by atoms with van der Waals surface area (Å²) >= 11 is 0. The number of benzene rings is 1. The summed E-state index contributed by atoms with van der Waals surface area (Å²) in [5.41, 5.74) is 1.46. The van der Waals surface area contributed by atoms with Gasteiger partial charge in [-0.3, -0.25) is 29.4 Å². The third-order valence-electron chi connectivity index (χ3n) is 3.70. The first-order valence-electron chi connectivity index (χ1n) is 8.42. The second kappa shape index (κ2) is 8.43. The monoisotopic (exact) mass is 375 g/mol. The highest BCUT2D eigenvalue weighted by Crippen LogP contribution is 2.23. The SMILES string of the molecule is Cc1ccc2c(c1)C(=O)N(CCC(=O)OCC(=O)NC(=O)NC(C)C)C2=O. The second-order valence-corrected chi connectivity index (χ2v) is 6.40. The molecule has 0 bridgehead atoms. The summed E-state index contributed by atoms with van der Waals surface area (Å²) in [6.45, 7) is 4.48. The molecule has 0 atom stereocenters. The number of urea groups is 1. The average molecular weight is 375 g/mol. The van der Waals surface area contributed by atoms with Crippen molar-refractivity contribution >= 4 is 29.7 Å². The first-order chi connectivity index (χ1) is 12.7. The maximum atomic E-state index is 12.3. The van der Waals surface area contributed by atoms with Gasteiger partial charge in [0.15, 0.2) is 6.61 Å². The second-order valence-electron chi connectivity index (χ2n) is 6.40. The lowest BCUT2D eigenvalue weighted by Gasteiger charge is -2.13. The minimum atomic E-state index is -0.780. The Hall–Kier alpha value is -3.23. The molecule has 0 aromatic heterocycles. The molecule has 9 heteroatoms. The molecule has 5 amide bonds. The quantitative estimate of drug-likeness (QED) is 0.559. The van der Waals surface area contributed by atoms with Crippen LogP contribution in [0.1, 0.15) is 46.5 Å². The first kappa shape index (κ1) is 20.1. The Morgan fingerprint density at radius 2 is 1.78 bits per heavy atom. The molecule has 1 aliphatic heterocycles. The van der Waals surface area contributed by atoms with Crippen LogP contribution >= 0.6 is 0 Å². The lowest BCUT2D eigenvalue weighted by molar-refractivity contribution is -0.148. The minimum absolute atomic E-state index is 0.149. The van der Waals surface area contributed by atoms with Crippen LogP contribution in [-0.2, 0) is 14.3 Å². The van der Waals surface area contributed by atoms with Gasteiger partial charge in [-0.15, -0.1) is 0 Å². The van der Waals surface area contributed by atoms with Gasteiger partial charge in [0.2, 0.25) is 0 Å². The summed E-state index contributed by atoms with van der Waals surface area (Å²) in [4.78, 5) is 60.1. The van der Waals surface area contributed by atoms with Gasteiger partial charge in [-0.2, -0.15) is 0 Å². The summed E-state index contributed by atoms with van der Waals surface area (Å²) in [7, 11) is 0. The van der Waals surface area contributed by atoms with E-state index in [1.54, 1.807) is 32.0 Å². The molecule has 2 N–H and O–H groups in total. The van der Waals surface area contributed by atoms with E-state index in [0.29, 0.717) is 11.1 Å². The van der Waals surface area contributed by atoms with Crippen LogP contribution in [0.2, 0.25) is 0 Å². The van der Waals surface area contributed by atoms with Crippen LogP contribution < -0.4 is 10.6 Å². The largest absolute Gasteiger partial charge is 0.456 e. The minimum Gasteiger partial charge on any atom is -0.456 e. The molecule has 1 heterocycles. The van der Waals surface area contributed by atoms with Crippen molar-refractivity contribution in [3.63, 3.8) is 0 Å². The van der Waals surface area contributed by atoms with Crippen LogP contribution in [0.15, 0.2) is 18.2 Å². The van der Waals surface area contributed by atoms with Crippen LogP contribution in [0, 0.1) is 6.92 Å². The van der Waals surface area contributed by atoms with E-state index in [9.17, 15) is 24.0 Å². The van der Waals surface area contributed by atoms with Gasteiger partial charge in [-0.1, -0.05) is 11.6 Å². The Balaban J connectivity index is 1.79. The predicted molar refractivity (Wildman–Crippen MR) is 93.9 cm³/mol. The van der Waals surface area contributed by atoms with Crippen molar-refractivity contribution < 1.29 is 28.7 Å². The highest BCUT2D eigenvalue weighted by Gasteiger charge is 2.35. The van der Waals surface area contributed by atoms with Gasteiger partial charge >= 0.3 is 12.0 Å². The van der Waals surface area contributed by atoms with Gasteiger partial charge in [0.05, 0.1) is 17.5 Å². The molecule has 144 valence electrons. The average Bonchev–Trinajstić information content (AvgIpc) is 2.80. The molecule has 2 rings (SSSR count). The highest BCUT2D eigenvalue weighted by molar-refractivity contribution is 6.21. The van der Waals surface area contributed by atoms with Gasteiger partial charge in [0.25, 0.3) is 17.7 Å². The Morgan fingerprint density at radius 3 is 2.44 bits per heavy atom. The summed E-state index contributed by atoms with van der Waals surface area (Å²) in [5.74, 6) is -2.47. The van der Waals surface area contributed by atoms with Crippen molar-refractivity contribution in [2.75, 3.05) is 13.2 Å². The molecule has 1 aromatic carbocycles. The number of rotatable bonds is 6. The van der Waals surface area contributed by atoms with Crippen LogP contribution in [0.25, 0.3) is 0 Å². The Morgan fingerprint density at radius 1 is 1.11 bits per heavy atom. The standard InChI is InChI=1S/C18H21N3O6/c1-10(2)19-18(26)20-14(22)9-27-15(23)6-7-21-16(24)12-5-4-11(3)8-13(12)17(21)25/h4-5,8,10H,6-7,9H2,1-3H3,(H2,19,20,22,26). The molecule has 0 unspecified atom stereocenters. The zero-order valence-corrected chi connectivity index (χ0v) is 15.3. The van der Waals surface area contributed by atoms with E-state index < -0.39 is 36.3 Å². The van der Waals surface area contributed by atoms with Crippen LogP contribution in [-0.4, -0.2) is 53.8 Å². The molecule has 27 heavy (non-hydrogen) atoms. The molecule has 0 saturated heterocycles. The van der Waals surface area contributed by atoms with Crippen LogP contribution in [0.3, 0.4) is 0 Å². The number of aryl methyl sites for hydroxylation is 1. The molecule has 1 aliphatic rings. The fourth-order valence-electron chi connectivity index (χ4n) is 2.49. The van der Waals surface area contributed by atoms with Gasteiger partial charge in [-0.25, -0.2) is 4.79 Å². The topological polar surface area (TPSA) is 122 Å². The molecule has 9 nitrogen and oxygen atoms in total. The number of hydrogen-bond acceptors (Lipinski definition) is 6. The fraction of sp³-hybridized carbons (Fsp3) is 0.389. The lowest BCUT2D eigenvalue weighted by atomic mass is 10.1. The Labute approximate surface area is 156 Å². The van der Waals surface area contributed by atoms with Crippen molar-refractivity contribution in [1.82, 2.24) is 15.5 Å². The molecular weight excluding hydrogens is 354 g/mol. The van der Waals surface area contributed by atoms with E-state index in [4.69, 9.17) is 4.74 Å². The number of amides is 5. The zero-order chi connectivity index (χ0) is 20.1. The van der Waals surface area contributed by atoms with E-state index in [0.717, 1.165) is 10.5 Å². The molecular formula is C18H21N3O6. The maximum Gasteiger partial charge on any atom is 0.321 e. The van der Waals surface area contributed by atoms with Crippen LogP contribution in [0.4, 0.5) is 4.79 Å². The number of esters is 1. The first-order valence-corrected chi connectivity index (χ1v) is 8.42. The summed E-state index contributed by atoms with van der Waals surface area (Å²) in [6, 6.07) is 4.10. The molecule has 0 aliphatic carbocycles. The van der Waals surface area contributed by atoms with Gasteiger partial charge in [-0.05, 0) is 32.9 Å². The lowest BCUT2D eigenvalue weighted by Crippen LogP contribution is -2.44. The number of carbonyl (C=O) groups is 5. The number of nitrogens with one attached hydrogen (secondary N) is 2. The molecule has 0 radical (unpaired) electrons. The number of carbonyl (C=O) groups excluding carboxylic acids is 5. The number of fused-ring (bicyclic) bond motifs is 1. The fourth-order valence-corrected chi connectivity index (χ4v) is 2.49. The number of imide groups is 2. The van der Waals surface area contributed by atoms with Gasteiger partial charge in [0.1, 0.15) is 0 Å². The Bertz CT molecular complexity index is 802. The van der Waals surface area contributed by atoms with Crippen molar-refractivity contribution in [1.29, 1.82) is 0 Å². The van der Waals surface area contributed by atoms with Crippen LogP contribution in [0.5, 0.6) is 0 Å². The normalized spacial score (nSPS) is 12.8. The van der Waals surface area contributed by atoms with E-state index in [2.05, 4.69) is 5.32 Å². The van der Waals surface area contributed by atoms with E-state index >= 15 is 0 Å². The maximum absolute atomic E-state index is 12.3. The van der Waals surface area contributed by atoms with Crippen molar-refractivity contribution in [2.24, 2.45) is 0 Å². The van der Waals surface area contributed by atoms with Gasteiger partial charge < -0.3 is 10.1 Å². The van der Waals surface area contributed by atoms with E-state index in [1.807, 2.05) is 12.2 Å².